The molecular weight excluding hydrogens is 336 g/mol. The molecule has 1 atom stereocenters. The predicted octanol–water partition coefficient (Wildman–Crippen LogP) is 2.67. The normalized spacial score (nSPS) is 20.5. The molecule has 0 bridgehead atoms. The summed E-state index contributed by atoms with van der Waals surface area (Å²) in [7, 11) is 0. The molecule has 5 nitrogen and oxygen atoms in total. The van der Waals surface area contributed by atoms with E-state index in [9.17, 15) is 4.79 Å². The summed E-state index contributed by atoms with van der Waals surface area (Å²) in [6.45, 7) is 6.66. The van der Waals surface area contributed by atoms with Gasteiger partial charge in [-0.1, -0.05) is 24.3 Å². The van der Waals surface area contributed by atoms with Crippen LogP contribution in [-0.2, 0) is 24.2 Å². The minimum absolute atomic E-state index is 0.307. The first kappa shape index (κ1) is 18.2. The number of benzene rings is 1. The van der Waals surface area contributed by atoms with E-state index in [1.54, 1.807) is 0 Å². The smallest absolute Gasteiger partial charge is 0.222 e. The Bertz CT molecular complexity index is 776. The monoisotopic (exact) mass is 366 g/mol. The Morgan fingerprint density at radius 1 is 1.15 bits per heavy atom. The zero-order chi connectivity index (χ0) is 18.6. The lowest BCUT2D eigenvalue weighted by Crippen LogP contribution is -2.53. The van der Waals surface area contributed by atoms with Crippen molar-refractivity contribution in [2.45, 2.75) is 51.6 Å². The molecule has 1 amide bonds. The van der Waals surface area contributed by atoms with E-state index < -0.39 is 0 Å². The van der Waals surface area contributed by atoms with E-state index in [0.29, 0.717) is 18.4 Å². The van der Waals surface area contributed by atoms with Crippen LogP contribution in [0.25, 0.3) is 0 Å². The van der Waals surface area contributed by atoms with Gasteiger partial charge in [-0.05, 0) is 43.7 Å². The lowest BCUT2D eigenvalue weighted by molar-refractivity contribution is -0.133. The van der Waals surface area contributed by atoms with Crippen LogP contribution in [0.1, 0.15) is 36.2 Å². The fourth-order valence-electron chi connectivity index (χ4n) is 4.53. The quantitative estimate of drug-likeness (QED) is 0.817. The Balaban J connectivity index is 1.22. The molecule has 1 aliphatic carbocycles. The summed E-state index contributed by atoms with van der Waals surface area (Å²) >= 11 is 0. The van der Waals surface area contributed by atoms with Crippen LogP contribution in [0.3, 0.4) is 0 Å². The van der Waals surface area contributed by atoms with Crippen LogP contribution in [-0.4, -0.2) is 57.5 Å². The van der Waals surface area contributed by atoms with E-state index in [1.165, 1.54) is 24.0 Å². The van der Waals surface area contributed by atoms with Crippen LogP contribution in [0, 0.1) is 6.92 Å². The van der Waals surface area contributed by atoms with Crippen LogP contribution in [0.2, 0.25) is 0 Å². The van der Waals surface area contributed by atoms with Gasteiger partial charge in [0, 0.05) is 57.6 Å². The van der Waals surface area contributed by atoms with Crippen LogP contribution in [0.5, 0.6) is 0 Å². The van der Waals surface area contributed by atoms with E-state index in [-0.39, 0.29) is 0 Å². The van der Waals surface area contributed by atoms with Gasteiger partial charge in [-0.3, -0.25) is 9.69 Å². The lowest BCUT2D eigenvalue weighted by atomic mass is 9.87. The zero-order valence-electron chi connectivity index (χ0n) is 16.3. The molecule has 1 aliphatic heterocycles. The summed E-state index contributed by atoms with van der Waals surface area (Å²) in [5.41, 5.74) is 3.04. The first-order valence-electron chi connectivity index (χ1n) is 10.3. The van der Waals surface area contributed by atoms with Gasteiger partial charge >= 0.3 is 0 Å². The summed E-state index contributed by atoms with van der Waals surface area (Å²) in [5.74, 6) is 1.33. The van der Waals surface area contributed by atoms with Crippen molar-refractivity contribution in [1.29, 1.82) is 0 Å². The van der Waals surface area contributed by atoms with Crippen LogP contribution in [0.15, 0.2) is 36.7 Å². The van der Waals surface area contributed by atoms with Crippen molar-refractivity contribution in [2.24, 2.45) is 0 Å². The van der Waals surface area contributed by atoms with Crippen molar-refractivity contribution < 1.29 is 4.79 Å². The molecule has 1 aromatic carbocycles. The number of hydrogen-bond donors (Lipinski definition) is 0. The number of aromatic nitrogens is 2. The minimum atomic E-state index is 0.307. The van der Waals surface area contributed by atoms with E-state index in [4.69, 9.17) is 0 Å². The molecule has 0 N–H and O–H groups in total. The largest absolute Gasteiger partial charge is 0.340 e. The number of imidazole rings is 1. The molecule has 4 rings (SSSR count). The summed E-state index contributed by atoms with van der Waals surface area (Å²) in [6.07, 6.45) is 8.92. The molecule has 0 radical (unpaired) electrons. The zero-order valence-corrected chi connectivity index (χ0v) is 16.3. The molecule has 2 aromatic rings. The number of rotatable bonds is 5. The summed E-state index contributed by atoms with van der Waals surface area (Å²) in [6, 6.07) is 9.50. The summed E-state index contributed by atoms with van der Waals surface area (Å²) in [5, 5.41) is 0. The maximum Gasteiger partial charge on any atom is 0.222 e. The fourth-order valence-corrected chi connectivity index (χ4v) is 4.53. The van der Waals surface area contributed by atoms with Crippen molar-refractivity contribution in [1.82, 2.24) is 19.4 Å². The van der Waals surface area contributed by atoms with Gasteiger partial charge in [0.25, 0.3) is 0 Å². The number of carbonyl (C=O) groups excluding carboxylic acids is 1. The van der Waals surface area contributed by atoms with E-state index >= 15 is 0 Å². The van der Waals surface area contributed by atoms with E-state index in [2.05, 4.69) is 43.6 Å². The molecule has 1 fully saturated rings. The number of fused-ring (bicyclic) bond motifs is 1. The maximum atomic E-state index is 12.5. The Kier molecular flexibility index (Phi) is 5.58. The number of piperazine rings is 1. The summed E-state index contributed by atoms with van der Waals surface area (Å²) < 4.78 is 2.12. The first-order chi connectivity index (χ1) is 13.2. The van der Waals surface area contributed by atoms with Crippen LogP contribution >= 0.6 is 0 Å². The van der Waals surface area contributed by atoms with Gasteiger partial charge in [0.2, 0.25) is 5.91 Å². The molecule has 0 unspecified atom stereocenters. The highest BCUT2D eigenvalue weighted by atomic mass is 16.2. The molecule has 0 spiro atoms. The van der Waals surface area contributed by atoms with Gasteiger partial charge in [0.1, 0.15) is 5.82 Å². The second kappa shape index (κ2) is 8.26. The molecule has 1 saturated heterocycles. The molecule has 2 aliphatic rings. The molecule has 0 saturated carbocycles. The highest BCUT2D eigenvalue weighted by molar-refractivity contribution is 5.76. The third kappa shape index (κ3) is 4.24. The second-order valence-corrected chi connectivity index (χ2v) is 7.85. The Labute approximate surface area is 162 Å². The predicted molar refractivity (Wildman–Crippen MR) is 107 cm³/mol. The van der Waals surface area contributed by atoms with Gasteiger partial charge in [-0.15, -0.1) is 0 Å². The molecule has 27 heavy (non-hydrogen) atoms. The van der Waals surface area contributed by atoms with Crippen molar-refractivity contribution in [3.8, 4) is 0 Å². The van der Waals surface area contributed by atoms with Gasteiger partial charge < -0.3 is 9.47 Å². The molecule has 2 heterocycles. The number of carbonyl (C=O) groups is 1. The second-order valence-electron chi connectivity index (χ2n) is 7.85. The van der Waals surface area contributed by atoms with Crippen molar-refractivity contribution in [3.05, 3.63) is 53.6 Å². The van der Waals surface area contributed by atoms with Gasteiger partial charge in [-0.25, -0.2) is 4.98 Å². The van der Waals surface area contributed by atoms with Crippen LogP contribution < -0.4 is 0 Å². The van der Waals surface area contributed by atoms with Crippen molar-refractivity contribution in [3.63, 3.8) is 0 Å². The van der Waals surface area contributed by atoms with Gasteiger partial charge in [0.15, 0.2) is 0 Å². The number of nitrogens with zero attached hydrogens (tertiary/aromatic N) is 4. The number of amides is 1. The number of hydrogen-bond acceptors (Lipinski definition) is 3. The average Bonchev–Trinajstić information content (AvgIpc) is 3.12. The first-order valence-corrected chi connectivity index (χ1v) is 10.3. The molecule has 5 heteroatoms. The van der Waals surface area contributed by atoms with Gasteiger partial charge in [0.05, 0.1) is 0 Å². The van der Waals surface area contributed by atoms with Gasteiger partial charge in [-0.2, -0.15) is 0 Å². The van der Waals surface area contributed by atoms with Crippen molar-refractivity contribution in [2.75, 3.05) is 26.2 Å². The Morgan fingerprint density at radius 3 is 2.67 bits per heavy atom. The van der Waals surface area contributed by atoms with Crippen molar-refractivity contribution >= 4 is 5.91 Å². The summed E-state index contributed by atoms with van der Waals surface area (Å²) in [4.78, 5) is 21.4. The van der Waals surface area contributed by atoms with E-state index in [0.717, 1.165) is 51.4 Å². The van der Waals surface area contributed by atoms with Crippen LogP contribution in [0.4, 0.5) is 0 Å². The fraction of sp³-hybridized carbons (Fsp3) is 0.545. The third-order valence-corrected chi connectivity index (χ3v) is 6.22. The lowest BCUT2D eigenvalue weighted by Gasteiger charge is -2.41. The average molecular weight is 367 g/mol. The minimum Gasteiger partial charge on any atom is -0.340 e. The Hall–Kier alpha value is -2.14. The third-order valence-electron chi connectivity index (χ3n) is 6.22. The highest BCUT2D eigenvalue weighted by Gasteiger charge is 2.28. The molecule has 1 aromatic heterocycles. The molecular formula is C22H30N4O. The maximum absolute atomic E-state index is 12.5. The highest BCUT2D eigenvalue weighted by Crippen LogP contribution is 2.25. The molecule has 144 valence electrons. The number of aryl methyl sites for hydroxylation is 3. The SMILES string of the molecule is Cc1nccn1CCCC(=O)N1CCN([C@H]2CCc3ccccc3C2)CC1. The Morgan fingerprint density at radius 2 is 1.93 bits per heavy atom. The van der Waals surface area contributed by atoms with E-state index in [1.807, 2.05) is 19.3 Å². The standard InChI is InChI=1S/C22H30N4O/c1-18-23-10-12-24(18)11-4-7-22(27)26-15-13-25(14-16-26)21-9-8-19-5-2-3-6-20(19)17-21/h2-3,5-6,10,12,21H,4,7-9,11,13-17H2,1H3/t21-/m0/s1. The topological polar surface area (TPSA) is 41.4 Å².